The second kappa shape index (κ2) is 17.3. The summed E-state index contributed by atoms with van der Waals surface area (Å²) < 4.78 is 5.62. The first-order valence-electron chi connectivity index (χ1n) is 26.9. The zero-order chi connectivity index (χ0) is 43.9. The van der Waals surface area contributed by atoms with Gasteiger partial charge in [-0.05, 0) is 0 Å². The molecule has 0 spiro atoms. The van der Waals surface area contributed by atoms with Gasteiger partial charge in [0.05, 0.1) is 0 Å². The molecule has 8 bridgehead atoms. The smallest absolute Gasteiger partial charge is 0.147 e. The molecule has 10 aliphatic carbocycles. The Kier molecular flexibility index (Phi) is 11.8. The Morgan fingerprint density at radius 2 is 0.838 bits per heavy atom. The fourth-order valence-electron chi connectivity index (χ4n) is 19.0. The molecule has 0 heterocycles. The maximum Gasteiger partial charge on any atom is -0.147 e. The third-order valence-electron chi connectivity index (χ3n) is 20.9. The predicted octanol–water partition coefficient (Wildman–Crippen LogP) is 17.8. The topological polar surface area (TPSA) is 0 Å². The number of hydrogen-bond acceptors (Lipinski definition) is 0. The Hall–Kier alpha value is -3.00. The van der Waals surface area contributed by atoms with Gasteiger partial charge in [0.1, 0.15) is 0 Å². The summed E-state index contributed by atoms with van der Waals surface area (Å²) in [6.45, 7) is 5.27. The van der Waals surface area contributed by atoms with Crippen molar-refractivity contribution < 1.29 is 17.4 Å². The van der Waals surface area contributed by atoms with Gasteiger partial charge in [0.15, 0.2) is 0 Å². The molecule has 16 rings (SSSR count). The molecule has 4 heteroatoms. The van der Waals surface area contributed by atoms with Crippen LogP contribution in [-0.2, 0) is 17.4 Å². The maximum absolute atomic E-state index is 4.12. The van der Waals surface area contributed by atoms with Crippen molar-refractivity contribution in [2.45, 2.75) is 106 Å². The van der Waals surface area contributed by atoms with Crippen LogP contribution in [0.1, 0.15) is 120 Å². The van der Waals surface area contributed by atoms with E-state index in [1.54, 1.807) is 22.3 Å². The molecule has 2 unspecified atom stereocenters. The van der Waals surface area contributed by atoms with Crippen molar-refractivity contribution in [2.24, 2.45) is 59.2 Å². The fraction of sp³-hybridized carbons (Fsp3) is 0.438. The van der Waals surface area contributed by atoms with Gasteiger partial charge in [0.2, 0.25) is 0 Å². The van der Waals surface area contributed by atoms with Crippen LogP contribution in [0, 0.1) is 59.2 Å². The summed E-state index contributed by atoms with van der Waals surface area (Å²) in [7, 11) is 0. The third-order valence-corrected chi connectivity index (χ3v) is 44.4. The number of halogens is 2. The zero-order valence-corrected chi connectivity index (χ0v) is 46.1. The largest absolute Gasteiger partial charge is 0.147 e. The molecule has 2 atom stereocenters. The van der Waals surface area contributed by atoms with E-state index in [4.69, 9.17) is 0 Å². The molecule has 0 N–H and O–H groups in total. The molecule has 68 heavy (non-hydrogen) atoms. The first kappa shape index (κ1) is 46.1. The Morgan fingerprint density at radius 1 is 0.456 bits per heavy atom. The van der Waals surface area contributed by atoms with Gasteiger partial charge in [-0.15, -0.1) is 24.8 Å². The SMILES string of the molecule is CC[CH2][Zr]([CH3])(=[SiH2])([CH]1C(CC2C3CC4CC(C3)CC2C4)=Cc2c(-c3ccc4ccccc4c3)cccc21)[CH]1C(CC2C3CC4CC(C3)CC2C4)=Cc2c(-c3ccc4ccccc4c3)cccc21.Cl.Cl. The molecule has 0 amide bonds. The molecule has 0 aromatic heterocycles. The molecule has 0 saturated heterocycles. The van der Waals surface area contributed by atoms with Crippen LogP contribution in [0.5, 0.6) is 0 Å². The van der Waals surface area contributed by atoms with Crippen molar-refractivity contribution in [3.05, 3.63) is 155 Å². The van der Waals surface area contributed by atoms with Gasteiger partial charge in [-0.25, -0.2) is 0 Å². The Balaban J connectivity index is 0.00000240. The number of hydrogen-bond donors (Lipinski definition) is 0. The molecule has 0 aliphatic heterocycles. The van der Waals surface area contributed by atoms with Gasteiger partial charge in [-0.1, -0.05) is 0 Å². The molecule has 6 aromatic rings. The first-order valence-corrected chi connectivity index (χ1v) is 39.9. The van der Waals surface area contributed by atoms with Crippen LogP contribution in [-0.4, -0.2) is 6.88 Å². The number of benzene rings is 6. The van der Waals surface area contributed by atoms with Gasteiger partial charge in [-0.3, -0.25) is 0 Å². The van der Waals surface area contributed by atoms with E-state index in [0.717, 1.165) is 59.2 Å². The average molecular weight is 1030 g/mol. The average Bonchev–Trinajstić information content (AvgIpc) is 3.90. The predicted molar refractivity (Wildman–Crippen MR) is 295 cm³/mol. The number of allylic oxidation sites excluding steroid dienone is 2. The van der Waals surface area contributed by atoms with Crippen molar-refractivity contribution in [2.75, 3.05) is 0 Å². The molecule has 0 nitrogen and oxygen atoms in total. The van der Waals surface area contributed by atoms with Crippen molar-refractivity contribution in [3.8, 4) is 22.3 Å². The minimum Gasteiger partial charge on any atom is -0.147 e. The summed E-state index contributed by atoms with van der Waals surface area (Å²) in [4.78, 5) is 0. The van der Waals surface area contributed by atoms with E-state index in [1.807, 2.05) is 11.1 Å². The maximum atomic E-state index is 3.06. The van der Waals surface area contributed by atoms with Crippen molar-refractivity contribution in [1.29, 1.82) is 0 Å². The normalized spacial score (nSPS) is 31.6. The Morgan fingerprint density at radius 3 is 1.22 bits per heavy atom. The number of fused-ring (bicyclic) bond motifs is 4. The molecule has 8 saturated carbocycles. The van der Waals surface area contributed by atoms with Crippen LogP contribution >= 0.6 is 24.8 Å². The summed E-state index contributed by atoms with van der Waals surface area (Å²) in [5.74, 6) is 9.57. The quantitative estimate of drug-likeness (QED) is 0.120. The van der Waals surface area contributed by atoms with Crippen LogP contribution in [0.4, 0.5) is 0 Å². The van der Waals surface area contributed by atoms with Gasteiger partial charge in [0.25, 0.3) is 0 Å². The molecular formula is C64H72Cl2SiZr. The van der Waals surface area contributed by atoms with Crippen LogP contribution in [0.15, 0.2) is 132 Å². The molecular weight excluding hydrogens is 959 g/mol. The summed E-state index contributed by atoms with van der Waals surface area (Å²) in [6, 6.07) is 47.8. The van der Waals surface area contributed by atoms with Crippen LogP contribution in [0.2, 0.25) is 8.76 Å². The second-order valence-electron chi connectivity index (χ2n) is 24.9. The zero-order valence-electron chi connectivity index (χ0n) is 40.6. The van der Waals surface area contributed by atoms with Gasteiger partial charge in [0, 0.05) is 0 Å². The van der Waals surface area contributed by atoms with E-state index >= 15 is 0 Å². The van der Waals surface area contributed by atoms with Crippen LogP contribution in [0.25, 0.3) is 56.0 Å². The van der Waals surface area contributed by atoms with Gasteiger partial charge < -0.3 is 0 Å². The van der Waals surface area contributed by atoms with E-state index in [0.29, 0.717) is 7.25 Å². The van der Waals surface area contributed by atoms with Gasteiger partial charge >= 0.3 is 401 Å². The van der Waals surface area contributed by atoms with Crippen molar-refractivity contribution in [1.82, 2.24) is 0 Å². The van der Waals surface area contributed by atoms with E-state index < -0.39 is 17.4 Å². The van der Waals surface area contributed by atoms with E-state index in [9.17, 15) is 0 Å². The Bertz CT molecular complexity index is 2850. The van der Waals surface area contributed by atoms with Gasteiger partial charge in [-0.2, -0.15) is 0 Å². The second-order valence-corrected chi connectivity index (χ2v) is 53.3. The minimum atomic E-state index is -4.12. The summed E-state index contributed by atoms with van der Waals surface area (Å²) in [5, 5.41) is 5.39. The standard InChI is InChI=1S/2C30H29.C3H7.CH3.2ClH.H2Si.Zr/c2*1-2-5-23-18-25(9-8-22(23)4-1)28-7-3-6-24-11-21(17-30(24)28)16-29-26-12-19-10-20(14-26)15-27(29)13-19;1-3-2;;;;;/h2*1-9,11,17-20,26-27,29H,10,12-16H2;1,3H2,2H3;1H3;2*1H;1H2;. The van der Waals surface area contributed by atoms with E-state index in [-0.39, 0.29) is 24.8 Å². The van der Waals surface area contributed by atoms with Crippen LogP contribution in [0.3, 0.4) is 0 Å². The summed E-state index contributed by atoms with van der Waals surface area (Å²) in [6.07, 6.45) is 24.9. The summed E-state index contributed by atoms with van der Waals surface area (Å²) >= 11 is -4.12. The monoisotopic (exact) mass is 1030 g/mol. The molecule has 6 aromatic carbocycles. The molecule has 350 valence electrons. The minimum absolute atomic E-state index is 0. The van der Waals surface area contributed by atoms with Crippen molar-refractivity contribution >= 4 is 65.4 Å². The van der Waals surface area contributed by atoms with E-state index in [2.05, 4.69) is 152 Å². The van der Waals surface area contributed by atoms with E-state index in [1.165, 1.54) is 131 Å². The molecule has 8 fully saturated rings. The molecule has 0 radical (unpaired) electrons. The molecule has 10 aliphatic rings. The third kappa shape index (κ3) is 7.31. The Labute approximate surface area is 421 Å². The first-order chi connectivity index (χ1) is 32.2. The van der Waals surface area contributed by atoms with Crippen LogP contribution < -0.4 is 0 Å². The summed E-state index contributed by atoms with van der Waals surface area (Å²) in [5.41, 5.74) is 16.1. The fourth-order valence-corrected chi connectivity index (χ4v) is 44.8. The van der Waals surface area contributed by atoms with Crippen molar-refractivity contribution in [3.63, 3.8) is 0 Å². The number of rotatable bonds is 10.